The fourth-order valence-electron chi connectivity index (χ4n) is 2.05. The van der Waals surface area contributed by atoms with Gasteiger partial charge in [0.25, 0.3) is 0 Å². The predicted octanol–water partition coefficient (Wildman–Crippen LogP) is 3.94. The Morgan fingerprint density at radius 3 is 2.52 bits per heavy atom. The van der Waals surface area contributed by atoms with Crippen LogP contribution in [0.3, 0.4) is 0 Å². The molecule has 3 rings (SSSR count). The van der Waals surface area contributed by atoms with E-state index in [1.807, 2.05) is 55.5 Å². The first-order chi connectivity index (χ1) is 10.1. The van der Waals surface area contributed by atoms with E-state index in [2.05, 4.69) is 27.6 Å². The lowest BCUT2D eigenvalue weighted by Crippen LogP contribution is -2.06. The van der Waals surface area contributed by atoms with E-state index in [4.69, 9.17) is 4.74 Å². The average Bonchev–Trinajstić information content (AvgIpc) is 2.83. The number of benzene rings is 2. The molecule has 3 nitrogen and oxygen atoms in total. The van der Waals surface area contributed by atoms with Crippen LogP contribution in [0.5, 0.6) is 0 Å². The summed E-state index contributed by atoms with van der Waals surface area (Å²) in [6, 6.07) is 15.6. The van der Waals surface area contributed by atoms with E-state index in [-0.39, 0.29) is 0 Å². The van der Waals surface area contributed by atoms with Crippen molar-refractivity contribution in [2.24, 2.45) is 4.99 Å². The third-order valence-electron chi connectivity index (χ3n) is 3.17. The minimum absolute atomic E-state index is 0.328. The number of esters is 1. The Kier molecular flexibility index (Phi) is 3.88. The van der Waals surface area contributed by atoms with Gasteiger partial charge >= 0.3 is 5.97 Å². The Bertz CT molecular complexity index is 761. The topological polar surface area (TPSA) is 38.7 Å². The summed E-state index contributed by atoms with van der Waals surface area (Å²) in [6.45, 7) is 1.96. The molecule has 1 heterocycles. The van der Waals surface area contributed by atoms with Gasteiger partial charge in [-0.25, -0.2) is 9.79 Å². The standard InChI is InChI=1S/C17H12INO2/c1-11-4-2-3-5-14(11)16-19-15(17(20)21-16)10-12-6-8-13(18)9-7-12/h2-10H,1H3/b15-10-. The predicted molar refractivity (Wildman–Crippen MR) is 90.9 cm³/mol. The number of cyclic esters (lactones) is 1. The number of carbonyl (C=O) groups excluding carboxylic acids is 1. The van der Waals surface area contributed by atoms with Crippen molar-refractivity contribution in [2.75, 3.05) is 0 Å². The summed E-state index contributed by atoms with van der Waals surface area (Å²) in [7, 11) is 0. The molecule has 4 heteroatoms. The molecule has 0 fully saturated rings. The van der Waals surface area contributed by atoms with Crippen LogP contribution in [0.2, 0.25) is 0 Å². The van der Waals surface area contributed by atoms with Gasteiger partial charge in [-0.2, -0.15) is 0 Å². The molecule has 0 saturated heterocycles. The first-order valence-electron chi connectivity index (χ1n) is 6.47. The maximum atomic E-state index is 11.9. The quantitative estimate of drug-likeness (QED) is 0.443. The first kappa shape index (κ1) is 14.0. The second kappa shape index (κ2) is 5.81. The van der Waals surface area contributed by atoms with Crippen LogP contribution in [0.1, 0.15) is 16.7 Å². The van der Waals surface area contributed by atoms with Crippen molar-refractivity contribution >= 4 is 40.5 Å². The number of hydrogen-bond donors (Lipinski definition) is 0. The maximum absolute atomic E-state index is 11.9. The largest absolute Gasteiger partial charge is 0.402 e. The molecule has 2 aromatic rings. The molecular formula is C17H12INO2. The highest BCUT2D eigenvalue weighted by atomic mass is 127. The molecule has 0 amide bonds. The molecule has 21 heavy (non-hydrogen) atoms. The van der Waals surface area contributed by atoms with Gasteiger partial charge in [0.1, 0.15) is 0 Å². The number of nitrogens with zero attached hydrogens (tertiary/aromatic N) is 1. The molecule has 0 bridgehead atoms. The minimum atomic E-state index is -0.410. The Hall–Kier alpha value is -1.95. The lowest BCUT2D eigenvalue weighted by Gasteiger charge is -2.02. The molecule has 104 valence electrons. The Labute approximate surface area is 136 Å². The molecule has 2 aromatic carbocycles. The zero-order valence-corrected chi connectivity index (χ0v) is 13.5. The van der Waals surface area contributed by atoms with Crippen molar-refractivity contribution in [3.63, 3.8) is 0 Å². The van der Waals surface area contributed by atoms with Gasteiger partial charge in [-0.1, -0.05) is 30.3 Å². The highest BCUT2D eigenvalue weighted by molar-refractivity contribution is 14.1. The lowest BCUT2D eigenvalue weighted by atomic mass is 10.1. The fourth-order valence-corrected chi connectivity index (χ4v) is 2.41. The van der Waals surface area contributed by atoms with Crippen molar-refractivity contribution in [3.8, 4) is 0 Å². The number of halogens is 1. The third-order valence-corrected chi connectivity index (χ3v) is 3.89. The minimum Gasteiger partial charge on any atom is -0.402 e. The molecule has 0 spiro atoms. The number of rotatable bonds is 2. The van der Waals surface area contributed by atoms with E-state index in [9.17, 15) is 4.79 Å². The van der Waals surface area contributed by atoms with E-state index >= 15 is 0 Å². The van der Waals surface area contributed by atoms with Crippen molar-refractivity contribution in [1.29, 1.82) is 0 Å². The maximum Gasteiger partial charge on any atom is 0.363 e. The SMILES string of the molecule is Cc1ccccc1C1=N/C(=C\c2ccc(I)cc2)C(=O)O1. The van der Waals surface area contributed by atoms with Crippen LogP contribution in [-0.4, -0.2) is 11.9 Å². The van der Waals surface area contributed by atoms with Gasteiger partial charge in [-0.05, 0) is 64.9 Å². The second-order valence-electron chi connectivity index (χ2n) is 4.70. The molecule has 0 N–H and O–H groups in total. The van der Waals surface area contributed by atoms with Gasteiger partial charge in [0.2, 0.25) is 5.90 Å². The number of ether oxygens (including phenoxy) is 1. The highest BCUT2D eigenvalue weighted by Crippen LogP contribution is 2.21. The summed E-state index contributed by atoms with van der Waals surface area (Å²) < 4.78 is 6.42. The summed E-state index contributed by atoms with van der Waals surface area (Å²) in [5.74, 6) is -0.0401. The third kappa shape index (κ3) is 3.05. The number of aryl methyl sites for hydroxylation is 1. The Balaban J connectivity index is 1.96. The Morgan fingerprint density at radius 1 is 1.10 bits per heavy atom. The monoisotopic (exact) mass is 389 g/mol. The fraction of sp³-hybridized carbons (Fsp3) is 0.0588. The van der Waals surface area contributed by atoms with Crippen molar-refractivity contribution in [2.45, 2.75) is 6.92 Å². The molecule has 0 aliphatic carbocycles. The van der Waals surface area contributed by atoms with Gasteiger partial charge in [-0.3, -0.25) is 0 Å². The smallest absolute Gasteiger partial charge is 0.363 e. The van der Waals surface area contributed by atoms with Gasteiger partial charge in [0, 0.05) is 9.13 Å². The summed E-state index contributed by atoms with van der Waals surface area (Å²) in [6.07, 6.45) is 1.74. The van der Waals surface area contributed by atoms with Crippen LogP contribution in [-0.2, 0) is 9.53 Å². The van der Waals surface area contributed by atoms with E-state index in [0.717, 1.165) is 20.3 Å². The normalized spacial score (nSPS) is 16.0. The van der Waals surface area contributed by atoms with E-state index in [1.165, 1.54) is 0 Å². The molecule has 0 saturated carbocycles. The van der Waals surface area contributed by atoms with Crippen molar-refractivity contribution in [3.05, 3.63) is 74.5 Å². The molecule has 0 atom stereocenters. The van der Waals surface area contributed by atoms with Gasteiger partial charge in [0.15, 0.2) is 5.70 Å². The second-order valence-corrected chi connectivity index (χ2v) is 5.95. The zero-order chi connectivity index (χ0) is 14.8. The van der Waals surface area contributed by atoms with E-state index in [1.54, 1.807) is 6.08 Å². The highest BCUT2D eigenvalue weighted by Gasteiger charge is 2.24. The molecule has 1 aliphatic rings. The molecule has 0 aromatic heterocycles. The summed E-state index contributed by atoms with van der Waals surface area (Å²) in [4.78, 5) is 16.3. The molecule has 0 radical (unpaired) electrons. The summed E-state index contributed by atoms with van der Waals surface area (Å²) >= 11 is 2.24. The van der Waals surface area contributed by atoms with Crippen LogP contribution in [0, 0.1) is 10.5 Å². The summed E-state index contributed by atoms with van der Waals surface area (Å²) in [5, 5.41) is 0. The zero-order valence-electron chi connectivity index (χ0n) is 11.3. The lowest BCUT2D eigenvalue weighted by molar-refractivity contribution is -0.129. The van der Waals surface area contributed by atoms with Gasteiger partial charge in [-0.15, -0.1) is 0 Å². The first-order valence-corrected chi connectivity index (χ1v) is 7.55. The van der Waals surface area contributed by atoms with Crippen LogP contribution in [0.4, 0.5) is 0 Å². The number of hydrogen-bond acceptors (Lipinski definition) is 3. The van der Waals surface area contributed by atoms with Crippen molar-refractivity contribution in [1.82, 2.24) is 0 Å². The Morgan fingerprint density at radius 2 is 1.81 bits per heavy atom. The van der Waals surface area contributed by atoms with Crippen LogP contribution < -0.4 is 0 Å². The van der Waals surface area contributed by atoms with Crippen LogP contribution in [0.15, 0.2) is 59.2 Å². The van der Waals surface area contributed by atoms with Crippen LogP contribution in [0.25, 0.3) is 6.08 Å². The molecular weight excluding hydrogens is 377 g/mol. The summed E-state index contributed by atoms with van der Waals surface area (Å²) in [5.41, 5.74) is 3.13. The number of aliphatic imine (C=N–C) groups is 1. The van der Waals surface area contributed by atoms with E-state index in [0.29, 0.717) is 11.6 Å². The average molecular weight is 389 g/mol. The van der Waals surface area contributed by atoms with E-state index < -0.39 is 5.97 Å². The molecule has 1 aliphatic heterocycles. The molecule has 0 unspecified atom stereocenters. The van der Waals surface area contributed by atoms with Gasteiger partial charge in [0.05, 0.1) is 0 Å². The number of carbonyl (C=O) groups is 1. The van der Waals surface area contributed by atoms with Crippen molar-refractivity contribution < 1.29 is 9.53 Å². The van der Waals surface area contributed by atoms with Crippen LogP contribution >= 0.6 is 22.6 Å². The van der Waals surface area contributed by atoms with Gasteiger partial charge < -0.3 is 4.74 Å².